The number of likely N-dealkylation sites (N-methyl/N-ethyl adjacent to an activating group) is 1. The summed E-state index contributed by atoms with van der Waals surface area (Å²) >= 11 is 0. The van der Waals surface area contributed by atoms with Gasteiger partial charge in [0.25, 0.3) is 0 Å². The molecule has 0 aliphatic heterocycles. The standard InChI is InChI=1S/C18H22N2O2S/c1-13(15-6-10-17(11-7-15)23(3)22)20-16-8-4-14(5-9-16)12-18(21)19-2/h4-11,13,20H,12H2,1-3H3,(H,19,21)/t13-,23-/m0/s1. The lowest BCUT2D eigenvalue weighted by molar-refractivity contribution is -0.119. The van der Waals surface area contributed by atoms with Crippen LogP contribution in [0.4, 0.5) is 5.69 Å². The van der Waals surface area contributed by atoms with E-state index in [0.29, 0.717) is 6.42 Å². The van der Waals surface area contributed by atoms with Gasteiger partial charge in [0.15, 0.2) is 0 Å². The lowest BCUT2D eigenvalue weighted by Crippen LogP contribution is -2.19. The van der Waals surface area contributed by atoms with Crippen LogP contribution in [0.25, 0.3) is 0 Å². The molecule has 4 nitrogen and oxygen atoms in total. The van der Waals surface area contributed by atoms with Gasteiger partial charge in [-0.15, -0.1) is 0 Å². The van der Waals surface area contributed by atoms with Crippen molar-refractivity contribution in [3.8, 4) is 0 Å². The van der Waals surface area contributed by atoms with E-state index in [1.54, 1.807) is 13.3 Å². The molecule has 0 fully saturated rings. The molecule has 0 bridgehead atoms. The van der Waals surface area contributed by atoms with Gasteiger partial charge in [-0.1, -0.05) is 24.3 Å². The van der Waals surface area contributed by atoms with Gasteiger partial charge in [0, 0.05) is 40.7 Å². The van der Waals surface area contributed by atoms with Crippen LogP contribution in [-0.4, -0.2) is 23.4 Å². The Labute approximate surface area is 139 Å². The minimum absolute atomic E-state index is 0.00692. The first-order chi connectivity index (χ1) is 11.0. The van der Waals surface area contributed by atoms with Crippen molar-refractivity contribution in [2.75, 3.05) is 18.6 Å². The third-order valence-electron chi connectivity index (χ3n) is 3.69. The highest BCUT2D eigenvalue weighted by Gasteiger charge is 2.07. The maximum absolute atomic E-state index is 11.4. The highest BCUT2D eigenvalue weighted by Crippen LogP contribution is 2.20. The summed E-state index contributed by atoms with van der Waals surface area (Å²) in [6, 6.07) is 15.8. The predicted octanol–water partition coefficient (Wildman–Crippen LogP) is 2.89. The van der Waals surface area contributed by atoms with E-state index in [9.17, 15) is 9.00 Å². The summed E-state index contributed by atoms with van der Waals surface area (Å²) in [6.07, 6.45) is 2.07. The molecule has 0 saturated heterocycles. The molecule has 2 N–H and O–H groups in total. The summed E-state index contributed by atoms with van der Waals surface area (Å²) in [5, 5.41) is 6.04. The van der Waals surface area contributed by atoms with Gasteiger partial charge in [0.05, 0.1) is 6.42 Å². The molecule has 2 rings (SSSR count). The Morgan fingerprint density at radius 1 is 1.09 bits per heavy atom. The van der Waals surface area contributed by atoms with Crippen molar-refractivity contribution >= 4 is 22.4 Å². The molecule has 23 heavy (non-hydrogen) atoms. The first-order valence-electron chi connectivity index (χ1n) is 7.49. The summed E-state index contributed by atoms with van der Waals surface area (Å²) in [7, 11) is 0.688. The average molecular weight is 330 g/mol. The molecule has 0 saturated carbocycles. The second-order valence-electron chi connectivity index (χ2n) is 5.44. The van der Waals surface area contributed by atoms with Gasteiger partial charge < -0.3 is 10.6 Å². The molecule has 2 aromatic carbocycles. The van der Waals surface area contributed by atoms with Crippen LogP contribution in [0.5, 0.6) is 0 Å². The highest BCUT2D eigenvalue weighted by atomic mass is 32.2. The number of hydrogen-bond donors (Lipinski definition) is 2. The van der Waals surface area contributed by atoms with E-state index in [1.807, 2.05) is 48.5 Å². The fourth-order valence-corrected chi connectivity index (χ4v) is 2.79. The number of rotatable bonds is 6. The molecular formula is C18H22N2O2S. The van der Waals surface area contributed by atoms with E-state index in [2.05, 4.69) is 17.6 Å². The number of benzene rings is 2. The minimum atomic E-state index is -0.950. The van der Waals surface area contributed by atoms with E-state index >= 15 is 0 Å². The van der Waals surface area contributed by atoms with Crippen LogP contribution in [0.3, 0.4) is 0 Å². The van der Waals surface area contributed by atoms with E-state index in [-0.39, 0.29) is 11.9 Å². The van der Waals surface area contributed by atoms with Crippen LogP contribution in [-0.2, 0) is 22.0 Å². The van der Waals surface area contributed by atoms with E-state index in [0.717, 1.165) is 21.7 Å². The van der Waals surface area contributed by atoms with Gasteiger partial charge in [0.2, 0.25) is 5.91 Å². The van der Waals surface area contributed by atoms with Crippen LogP contribution in [0.2, 0.25) is 0 Å². The zero-order valence-electron chi connectivity index (χ0n) is 13.6. The Bertz CT molecular complexity index is 681. The number of hydrogen-bond acceptors (Lipinski definition) is 3. The molecule has 0 aliphatic carbocycles. The molecular weight excluding hydrogens is 308 g/mol. The molecule has 122 valence electrons. The van der Waals surface area contributed by atoms with Crippen molar-refractivity contribution < 1.29 is 9.00 Å². The van der Waals surface area contributed by atoms with Gasteiger partial charge in [-0.3, -0.25) is 9.00 Å². The zero-order chi connectivity index (χ0) is 16.8. The zero-order valence-corrected chi connectivity index (χ0v) is 14.4. The van der Waals surface area contributed by atoms with Crippen LogP contribution in [0.15, 0.2) is 53.4 Å². The van der Waals surface area contributed by atoms with Crippen LogP contribution < -0.4 is 10.6 Å². The largest absolute Gasteiger partial charge is 0.379 e. The van der Waals surface area contributed by atoms with Crippen molar-refractivity contribution in [3.05, 3.63) is 59.7 Å². The first-order valence-corrected chi connectivity index (χ1v) is 9.05. The lowest BCUT2D eigenvalue weighted by Gasteiger charge is -2.16. The normalized spacial score (nSPS) is 13.2. The molecule has 0 aromatic heterocycles. The van der Waals surface area contributed by atoms with Crippen LogP contribution in [0, 0.1) is 0 Å². The number of nitrogens with one attached hydrogen (secondary N) is 2. The number of amides is 1. The SMILES string of the molecule is CNC(=O)Cc1ccc(N[C@@H](C)c2ccc([S@](C)=O)cc2)cc1. The van der Waals surface area contributed by atoms with Gasteiger partial charge in [-0.2, -0.15) is 0 Å². The second kappa shape index (κ2) is 7.92. The quantitative estimate of drug-likeness (QED) is 0.856. The fourth-order valence-electron chi connectivity index (χ4n) is 2.27. The van der Waals surface area contributed by atoms with Crippen LogP contribution in [0.1, 0.15) is 24.1 Å². The smallest absolute Gasteiger partial charge is 0.224 e. The van der Waals surface area contributed by atoms with E-state index in [1.165, 1.54) is 0 Å². The molecule has 2 atom stereocenters. The third kappa shape index (κ3) is 4.93. The van der Waals surface area contributed by atoms with Crippen LogP contribution >= 0.6 is 0 Å². The molecule has 0 aliphatic rings. The molecule has 0 spiro atoms. The summed E-state index contributed by atoms with van der Waals surface area (Å²) in [6.45, 7) is 2.08. The monoisotopic (exact) mass is 330 g/mol. The van der Waals surface area contributed by atoms with Gasteiger partial charge in [-0.25, -0.2) is 0 Å². The van der Waals surface area contributed by atoms with E-state index in [4.69, 9.17) is 0 Å². The van der Waals surface area contributed by atoms with Gasteiger partial charge in [-0.05, 0) is 42.3 Å². The third-order valence-corrected chi connectivity index (χ3v) is 4.63. The predicted molar refractivity (Wildman–Crippen MR) is 95.0 cm³/mol. The van der Waals surface area contributed by atoms with Crippen molar-refractivity contribution in [1.29, 1.82) is 0 Å². The number of anilines is 1. The summed E-state index contributed by atoms with van der Waals surface area (Å²) in [5.74, 6) is 0.00692. The number of carbonyl (C=O) groups excluding carboxylic acids is 1. The highest BCUT2D eigenvalue weighted by molar-refractivity contribution is 7.84. The van der Waals surface area contributed by atoms with Crippen molar-refractivity contribution in [2.45, 2.75) is 24.3 Å². The minimum Gasteiger partial charge on any atom is -0.379 e. The summed E-state index contributed by atoms with van der Waals surface area (Å²) < 4.78 is 11.4. The molecule has 0 heterocycles. The maximum atomic E-state index is 11.4. The topological polar surface area (TPSA) is 58.2 Å². The van der Waals surface area contributed by atoms with Gasteiger partial charge in [0.1, 0.15) is 0 Å². The number of carbonyl (C=O) groups is 1. The molecule has 2 aromatic rings. The molecule has 5 heteroatoms. The summed E-state index contributed by atoms with van der Waals surface area (Å²) in [5.41, 5.74) is 3.12. The van der Waals surface area contributed by atoms with Crippen molar-refractivity contribution in [1.82, 2.24) is 5.32 Å². The Hall–Kier alpha value is -2.14. The first kappa shape index (κ1) is 17.2. The second-order valence-corrected chi connectivity index (χ2v) is 6.82. The summed E-state index contributed by atoms with van der Waals surface area (Å²) in [4.78, 5) is 12.2. The van der Waals surface area contributed by atoms with Crippen molar-refractivity contribution in [3.63, 3.8) is 0 Å². The Morgan fingerprint density at radius 3 is 2.22 bits per heavy atom. The molecule has 0 unspecified atom stereocenters. The van der Waals surface area contributed by atoms with Crippen molar-refractivity contribution in [2.24, 2.45) is 0 Å². The molecule has 1 amide bonds. The lowest BCUT2D eigenvalue weighted by atomic mass is 10.1. The average Bonchev–Trinajstić information content (AvgIpc) is 2.56. The Balaban J connectivity index is 2.00. The Kier molecular flexibility index (Phi) is 5.93. The maximum Gasteiger partial charge on any atom is 0.224 e. The fraction of sp³-hybridized carbons (Fsp3) is 0.278. The Morgan fingerprint density at radius 2 is 1.70 bits per heavy atom. The van der Waals surface area contributed by atoms with E-state index < -0.39 is 10.8 Å². The molecule has 0 radical (unpaired) electrons. The van der Waals surface area contributed by atoms with Gasteiger partial charge >= 0.3 is 0 Å².